The van der Waals surface area contributed by atoms with E-state index in [2.05, 4.69) is 5.32 Å². The number of ketones is 1. The van der Waals surface area contributed by atoms with Gasteiger partial charge in [-0.3, -0.25) is 14.4 Å². The van der Waals surface area contributed by atoms with E-state index < -0.39 is 5.97 Å². The van der Waals surface area contributed by atoms with E-state index in [0.717, 1.165) is 5.56 Å². The summed E-state index contributed by atoms with van der Waals surface area (Å²) in [5.41, 5.74) is 0.971. The fourth-order valence-electron chi connectivity index (χ4n) is 2.10. The number of hydrogen-bond acceptors (Lipinski definition) is 5. The molecule has 0 saturated carbocycles. The molecule has 6 heteroatoms. The molecule has 1 atom stereocenters. The van der Waals surface area contributed by atoms with Crippen molar-refractivity contribution in [2.75, 3.05) is 6.61 Å². The molecule has 5 nitrogen and oxygen atoms in total. The smallest absolute Gasteiger partial charge is 0.306 e. The van der Waals surface area contributed by atoms with E-state index >= 15 is 0 Å². The molecule has 126 valence electrons. The number of esters is 1. The first-order valence-electron chi connectivity index (χ1n) is 7.63. The number of rotatable bonds is 8. The number of hydrogen-bond donors (Lipinski definition) is 1. The lowest BCUT2D eigenvalue weighted by atomic mass is 10.1. The Hall–Kier alpha value is -2.47. The number of carbonyl (C=O) groups excluding carboxylic acids is 3. The van der Waals surface area contributed by atoms with Gasteiger partial charge in [-0.2, -0.15) is 0 Å². The molecule has 0 fully saturated rings. The van der Waals surface area contributed by atoms with Crippen molar-refractivity contribution in [3.05, 3.63) is 58.3 Å². The zero-order valence-corrected chi connectivity index (χ0v) is 14.2. The van der Waals surface area contributed by atoms with Gasteiger partial charge in [-0.05, 0) is 23.9 Å². The highest BCUT2D eigenvalue weighted by Crippen LogP contribution is 2.13. The summed E-state index contributed by atoms with van der Waals surface area (Å²) in [5.74, 6) is -1.02. The predicted molar refractivity (Wildman–Crippen MR) is 91.8 cm³/mol. The van der Waals surface area contributed by atoms with Gasteiger partial charge in [-0.1, -0.05) is 36.4 Å². The van der Waals surface area contributed by atoms with Gasteiger partial charge in [0.05, 0.1) is 17.3 Å². The molecule has 0 aliphatic rings. The SMILES string of the molecule is CC(NC(=O)COC(=O)CCC(=O)c1cccs1)c1ccccc1. The fraction of sp³-hybridized carbons (Fsp3) is 0.278. The second-order valence-corrected chi connectivity index (χ2v) is 6.21. The maximum Gasteiger partial charge on any atom is 0.306 e. The van der Waals surface area contributed by atoms with Crippen molar-refractivity contribution in [1.29, 1.82) is 0 Å². The third kappa shape index (κ3) is 5.62. The first-order valence-corrected chi connectivity index (χ1v) is 8.51. The minimum Gasteiger partial charge on any atom is -0.456 e. The molecule has 1 heterocycles. The lowest BCUT2D eigenvalue weighted by Crippen LogP contribution is -2.31. The molecule has 0 aliphatic heterocycles. The fourth-order valence-corrected chi connectivity index (χ4v) is 2.80. The molecule has 1 aromatic carbocycles. The van der Waals surface area contributed by atoms with Crippen molar-refractivity contribution in [3.8, 4) is 0 Å². The van der Waals surface area contributed by atoms with E-state index in [4.69, 9.17) is 4.74 Å². The maximum atomic E-state index is 11.8. The Morgan fingerprint density at radius 1 is 1.08 bits per heavy atom. The number of carbonyl (C=O) groups is 3. The van der Waals surface area contributed by atoms with Gasteiger partial charge in [0.25, 0.3) is 5.91 Å². The lowest BCUT2D eigenvalue weighted by molar-refractivity contribution is -0.148. The Morgan fingerprint density at radius 2 is 1.83 bits per heavy atom. The summed E-state index contributed by atoms with van der Waals surface area (Å²) in [7, 11) is 0. The highest BCUT2D eigenvalue weighted by atomic mass is 32.1. The monoisotopic (exact) mass is 345 g/mol. The molecule has 2 aromatic rings. The molecule has 0 radical (unpaired) electrons. The van der Waals surface area contributed by atoms with Crippen LogP contribution in [0.5, 0.6) is 0 Å². The van der Waals surface area contributed by atoms with Crippen molar-refractivity contribution < 1.29 is 19.1 Å². The molecule has 1 unspecified atom stereocenters. The van der Waals surface area contributed by atoms with E-state index in [1.807, 2.05) is 42.6 Å². The molecule has 0 aliphatic carbocycles. The van der Waals surface area contributed by atoms with Crippen molar-refractivity contribution in [2.45, 2.75) is 25.8 Å². The average Bonchev–Trinajstić information content (AvgIpc) is 3.13. The van der Waals surface area contributed by atoms with Gasteiger partial charge in [-0.25, -0.2) is 0 Å². The Kier molecular flexibility index (Phi) is 6.69. The Balaban J connectivity index is 1.67. The van der Waals surface area contributed by atoms with E-state index in [9.17, 15) is 14.4 Å². The van der Waals surface area contributed by atoms with Crippen LogP contribution < -0.4 is 5.32 Å². The van der Waals surface area contributed by atoms with Crippen LogP contribution in [0.25, 0.3) is 0 Å². The van der Waals surface area contributed by atoms with Gasteiger partial charge >= 0.3 is 5.97 Å². The van der Waals surface area contributed by atoms with Crippen LogP contribution in [0.4, 0.5) is 0 Å². The highest BCUT2D eigenvalue weighted by molar-refractivity contribution is 7.12. The van der Waals surface area contributed by atoms with Gasteiger partial charge in [0.1, 0.15) is 0 Å². The predicted octanol–water partition coefficient (Wildman–Crippen LogP) is 3.13. The van der Waals surface area contributed by atoms with Crippen LogP contribution in [0.2, 0.25) is 0 Å². The first-order chi connectivity index (χ1) is 11.6. The zero-order valence-electron chi connectivity index (χ0n) is 13.4. The average molecular weight is 345 g/mol. The van der Waals surface area contributed by atoms with E-state index in [1.165, 1.54) is 11.3 Å². The molecule has 0 saturated heterocycles. The van der Waals surface area contributed by atoms with Crippen LogP contribution in [0, 0.1) is 0 Å². The van der Waals surface area contributed by atoms with Crippen LogP contribution in [0.1, 0.15) is 41.0 Å². The summed E-state index contributed by atoms with van der Waals surface area (Å²) in [6.07, 6.45) is 0.0552. The van der Waals surface area contributed by atoms with Crippen molar-refractivity contribution in [1.82, 2.24) is 5.32 Å². The van der Waals surface area contributed by atoms with Crippen LogP contribution in [0.15, 0.2) is 47.8 Å². The summed E-state index contributed by atoms with van der Waals surface area (Å²) in [6, 6.07) is 12.8. The third-order valence-corrected chi connectivity index (χ3v) is 4.30. The van der Waals surface area contributed by atoms with Crippen molar-refractivity contribution >= 4 is 29.0 Å². The number of thiophene rings is 1. The first kappa shape index (κ1) is 17.9. The molecule has 2 rings (SSSR count). The number of ether oxygens (including phenoxy) is 1. The largest absolute Gasteiger partial charge is 0.456 e. The van der Waals surface area contributed by atoms with Gasteiger partial charge in [0.15, 0.2) is 12.4 Å². The number of nitrogens with one attached hydrogen (secondary N) is 1. The maximum absolute atomic E-state index is 11.8. The number of amides is 1. The van der Waals surface area contributed by atoms with Crippen LogP contribution in [-0.2, 0) is 14.3 Å². The number of benzene rings is 1. The molecule has 24 heavy (non-hydrogen) atoms. The summed E-state index contributed by atoms with van der Waals surface area (Å²) in [4.78, 5) is 35.8. The minimum absolute atomic E-state index is 0.0295. The standard InChI is InChI=1S/C18H19NO4S/c1-13(14-6-3-2-4-7-14)19-17(21)12-23-18(22)10-9-15(20)16-8-5-11-24-16/h2-8,11,13H,9-10,12H2,1H3,(H,19,21). The van der Waals surface area contributed by atoms with Crippen molar-refractivity contribution in [3.63, 3.8) is 0 Å². The minimum atomic E-state index is -0.553. The molecule has 1 aromatic heterocycles. The molecule has 1 amide bonds. The Bertz CT molecular complexity index is 682. The quantitative estimate of drug-likeness (QED) is 0.589. The summed E-state index contributed by atoms with van der Waals surface area (Å²) >= 11 is 1.34. The van der Waals surface area contributed by atoms with Gasteiger partial charge in [0, 0.05) is 6.42 Å². The molecule has 0 spiro atoms. The Morgan fingerprint density at radius 3 is 2.50 bits per heavy atom. The second-order valence-electron chi connectivity index (χ2n) is 5.26. The van der Waals surface area contributed by atoms with Crippen LogP contribution >= 0.6 is 11.3 Å². The number of Topliss-reactive ketones (excluding diaryl/α,β-unsaturated/α-hetero) is 1. The summed E-state index contributed by atoms with van der Waals surface area (Å²) < 4.78 is 4.91. The Labute approximate surface area is 144 Å². The highest BCUT2D eigenvalue weighted by Gasteiger charge is 2.14. The van der Waals surface area contributed by atoms with Crippen LogP contribution in [0.3, 0.4) is 0 Å². The topological polar surface area (TPSA) is 72.5 Å². The normalized spacial score (nSPS) is 11.5. The van der Waals surface area contributed by atoms with E-state index in [1.54, 1.807) is 12.1 Å². The molecule has 1 N–H and O–H groups in total. The second kappa shape index (κ2) is 8.98. The molecular weight excluding hydrogens is 326 g/mol. The molecule has 0 bridgehead atoms. The van der Waals surface area contributed by atoms with E-state index in [0.29, 0.717) is 4.88 Å². The van der Waals surface area contributed by atoms with Crippen LogP contribution in [-0.4, -0.2) is 24.3 Å². The zero-order chi connectivity index (χ0) is 17.4. The summed E-state index contributed by atoms with van der Waals surface area (Å²) in [6.45, 7) is 1.51. The van der Waals surface area contributed by atoms with Gasteiger partial charge in [-0.15, -0.1) is 11.3 Å². The van der Waals surface area contributed by atoms with Gasteiger partial charge in [0.2, 0.25) is 0 Å². The molecular formula is C18H19NO4S. The van der Waals surface area contributed by atoms with E-state index in [-0.39, 0.29) is 37.2 Å². The summed E-state index contributed by atoms with van der Waals surface area (Å²) in [5, 5.41) is 4.57. The van der Waals surface area contributed by atoms with Crippen molar-refractivity contribution in [2.24, 2.45) is 0 Å². The third-order valence-electron chi connectivity index (χ3n) is 3.39. The van der Waals surface area contributed by atoms with Gasteiger partial charge < -0.3 is 10.1 Å². The lowest BCUT2D eigenvalue weighted by Gasteiger charge is -2.14.